The lowest BCUT2D eigenvalue weighted by molar-refractivity contribution is 0.0123. The first-order valence-corrected chi connectivity index (χ1v) is 10.8. The molecule has 10 heteroatoms. The molecule has 1 unspecified atom stereocenters. The lowest BCUT2D eigenvalue weighted by Crippen LogP contribution is -2.54. The predicted molar refractivity (Wildman–Crippen MR) is 132 cm³/mol. The molecule has 2 aromatic heterocycles. The lowest BCUT2D eigenvalue weighted by Gasteiger charge is -2.37. The Labute approximate surface area is 205 Å². The van der Waals surface area contributed by atoms with E-state index in [1.54, 1.807) is 19.2 Å². The monoisotopic (exact) mass is 557 g/mol. The van der Waals surface area contributed by atoms with Gasteiger partial charge in [0.15, 0.2) is 11.7 Å². The number of halogens is 1. The van der Waals surface area contributed by atoms with Gasteiger partial charge in [0, 0.05) is 52.9 Å². The zero-order valence-corrected chi connectivity index (χ0v) is 21.0. The summed E-state index contributed by atoms with van der Waals surface area (Å²) < 4.78 is 16.7. The summed E-state index contributed by atoms with van der Waals surface area (Å²) in [7, 11) is 1.80. The summed E-state index contributed by atoms with van der Waals surface area (Å²) in [5.41, 5.74) is 0. The molecule has 2 saturated heterocycles. The summed E-state index contributed by atoms with van der Waals surface area (Å²) in [4.78, 5) is 23.4. The number of aryl methyl sites for hydroxylation is 1. The highest BCUT2D eigenvalue weighted by atomic mass is 127. The molecule has 0 bridgehead atoms. The molecule has 0 saturated carbocycles. The Morgan fingerprint density at radius 1 is 1.09 bits per heavy atom. The Hall–Kier alpha value is -2.05. The minimum absolute atomic E-state index is 0. The van der Waals surface area contributed by atoms with Crippen molar-refractivity contribution in [3.63, 3.8) is 0 Å². The third kappa shape index (κ3) is 5.84. The highest BCUT2D eigenvalue weighted by molar-refractivity contribution is 14.0. The summed E-state index contributed by atoms with van der Waals surface area (Å²) >= 11 is 0. The summed E-state index contributed by atoms with van der Waals surface area (Å²) in [5, 5.41) is 3.53. The van der Waals surface area contributed by atoms with E-state index < -0.39 is 0 Å². The molecular weight excluding hydrogens is 525 g/mol. The van der Waals surface area contributed by atoms with Gasteiger partial charge in [-0.05, 0) is 31.2 Å². The van der Waals surface area contributed by atoms with E-state index in [2.05, 4.69) is 26.2 Å². The SMILES string of the molecule is CN=C(NCC(c1ccc(C)o1)N1CCOCC1)N1CCN(C(=O)c2ccco2)CC1.I. The van der Waals surface area contributed by atoms with Gasteiger partial charge in [-0.1, -0.05) is 0 Å². The number of carbonyl (C=O) groups is 1. The number of hydrogen-bond acceptors (Lipinski definition) is 6. The van der Waals surface area contributed by atoms with Gasteiger partial charge in [-0.2, -0.15) is 0 Å². The van der Waals surface area contributed by atoms with Crippen LogP contribution in [0.3, 0.4) is 0 Å². The van der Waals surface area contributed by atoms with Crippen molar-refractivity contribution in [3.8, 4) is 0 Å². The van der Waals surface area contributed by atoms with Crippen molar-refractivity contribution in [2.24, 2.45) is 4.99 Å². The van der Waals surface area contributed by atoms with Crippen LogP contribution < -0.4 is 5.32 Å². The van der Waals surface area contributed by atoms with Crippen molar-refractivity contribution in [3.05, 3.63) is 47.8 Å². The molecule has 0 aromatic carbocycles. The van der Waals surface area contributed by atoms with Gasteiger partial charge in [0.1, 0.15) is 11.5 Å². The number of piperazine rings is 1. The van der Waals surface area contributed by atoms with Crippen LogP contribution in [0.4, 0.5) is 0 Å². The molecule has 2 fully saturated rings. The number of rotatable bonds is 5. The zero-order valence-electron chi connectivity index (χ0n) is 18.7. The van der Waals surface area contributed by atoms with E-state index in [4.69, 9.17) is 13.6 Å². The van der Waals surface area contributed by atoms with Crippen molar-refractivity contribution in [1.82, 2.24) is 20.0 Å². The maximum Gasteiger partial charge on any atom is 0.289 e. The molecule has 9 nitrogen and oxygen atoms in total. The Bertz CT molecular complexity index is 871. The van der Waals surface area contributed by atoms with E-state index in [0.29, 0.717) is 38.5 Å². The summed E-state index contributed by atoms with van der Waals surface area (Å²) in [5.74, 6) is 3.03. The fourth-order valence-electron chi connectivity index (χ4n) is 4.13. The molecule has 32 heavy (non-hydrogen) atoms. The number of carbonyl (C=O) groups excluding carboxylic acids is 1. The Morgan fingerprint density at radius 3 is 2.41 bits per heavy atom. The van der Waals surface area contributed by atoms with Crippen molar-refractivity contribution < 1.29 is 18.4 Å². The maximum absolute atomic E-state index is 12.5. The van der Waals surface area contributed by atoms with Gasteiger partial charge in [0.05, 0.1) is 25.5 Å². The van der Waals surface area contributed by atoms with Crippen LogP contribution in [-0.2, 0) is 4.74 Å². The molecule has 1 amide bonds. The van der Waals surface area contributed by atoms with Crippen LogP contribution in [0.1, 0.15) is 28.1 Å². The number of ether oxygens (including phenoxy) is 1. The summed E-state index contributed by atoms with van der Waals surface area (Å²) in [6, 6.07) is 7.61. The number of nitrogens with one attached hydrogen (secondary N) is 1. The number of hydrogen-bond donors (Lipinski definition) is 1. The molecule has 2 aliphatic heterocycles. The van der Waals surface area contributed by atoms with Crippen LogP contribution in [0.2, 0.25) is 0 Å². The molecule has 4 rings (SSSR count). The average Bonchev–Trinajstić information content (AvgIpc) is 3.49. The van der Waals surface area contributed by atoms with Crippen LogP contribution in [-0.4, -0.2) is 92.6 Å². The van der Waals surface area contributed by atoms with E-state index in [-0.39, 0.29) is 35.9 Å². The van der Waals surface area contributed by atoms with Crippen molar-refractivity contribution in [2.45, 2.75) is 13.0 Å². The van der Waals surface area contributed by atoms with Gasteiger partial charge in [-0.3, -0.25) is 14.7 Å². The molecule has 2 aromatic rings. The van der Waals surface area contributed by atoms with Crippen LogP contribution >= 0.6 is 24.0 Å². The van der Waals surface area contributed by atoms with Gasteiger partial charge in [0.2, 0.25) is 0 Å². The minimum atomic E-state index is -0.0619. The summed E-state index contributed by atoms with van der Waals surface area (Å²) in [6.45, 7) is 8.56. The highest BCUT2D eigenvalue weighted by Gasteiger charge is 2.28. The molecular formula is C22H32IN5O4. The van der Waals surface area contributed by atoms with Crippen LogP contribution in [0, 0.1) is 6.92 Å². The quantitative estimate of drug-likeness (QED) is 0.343. The van der Waals surface area contributed by atoms with Crippen LogP contribution in [0.15, 0.2) is 44.4 Å². The number of nitrogens with zero attached hydrogens (tertiary/aromatic N) is 4. The highest BCUT2D eigenvalue weighted by Crippen LogP contribution is 2.23. The molecule has 0 radical (unpaired) electrons. The third-order valence-electron chi connectivity index (χ3n) is 5.84. The van der Waals surface area contributed by atoms with Gasteiger partial charge < -0.3 is 28.7 Å². The summed E-state index contributed by atoms with van der Waals surface area (Å²) in [6.07, 6.45) is 1.53. The third-order valence-corrected chi connectivity index (χ3v) is 5.84. The molecule has 0 aliphatic carbocycles. The molecule has 4 heterocycles. The maximum atomic E-state index is 12.5. The number of amides is 1. The van der Waals surface area contributed by atoms with E-state index in [1.807, 2.05) is 17.9 Å². The molecule has 1 atom stereocenters. The van der Waals surface area contributed by atoms with E-state index in [9.17, 15) is 4.79 Å². The second kappa shape index (κ2) is 11.7. The first-order valence-electron chi connectivity index (χ1n) is 10.8. The van der Waals surface area contributed by atoms with Gasteiger partial charge in [-0.25, -0.2) is 0 Å². The standard InChI is InChI=1S/C22H31N5O4.HI/c1-17-5-6-19(31-17)18(25-11-14-29-15-12-25)16-24-22(23-2)27-9-7-26(8-10-27)21(28)20-4-3-13-30-20;/h3-6,13,18H,7-12,14-16H2,1-2H3,(H,23,24);1H. The smallest absolute Gasteiger partial charge is 0.289 e. The van der Waals surface area contributed by atoms with Crippen LogP contribution in [0.5, 0.6) is 0 Å². The van der Waals surface area contributed by atoms with Crippen LogP contribution in [0.25, 0.3) is 0 Å². The zero-order chi connectivity index (χ0) is 21.6. The van der Waals surface area contributed by atoms with Crippen molar-refractivity contribution in [1.29, 1.82) is 0 Å². The second-order valence-corrected chi connectivity index (χ2v) is 7.80. The van der Waals surface area contributed by atoms with Crippen molar-refractivity contribution in [2.75, 3.05) is 66.1 Å². The van der Waals surface area contributed by atoms with E-state index >= 15 is 0 Å². The number of guanidine groups is 1. The number of furan rings is 2. The lowest BCUT2D eigenvalue weighted by atomic mass is 10.1. The molecule has 2 aliphatic rings. The van der Waals surface area contributed by atoms with Gasteiger partial charge in [0.25, 0.3) is 5.91 Å². The average molecular weight is 557 g/mol. The molecule has 1 N–H and O–H groups in total. The van der Waals surface area contributed by atoms with Gasteiger partial charge >= 0.3 is 0 Å². The second-order valence-electron chi connectivity index (χ2n) is 7.80. The molecule has 0 spiro atoms. The normalized spacial score (nSPS) is 18.9. The first-order chi connectivity index (χ1) is 15.2. The topological polar surface area (TPSA) is 86.7 Å². The minimum Gasteiger partial charge on any atom is -0.465 e. The fraction of sp³-hybridized carbons (Fsp3) is 0.545. The first kappa shape index (κ1) is 24.6. The number of morpholine rings is 1. The Balaban J connectivity index is 0.00000289. The largest absolute Gasteiger partial charge is 0.465 e. The Kier molecular flexibility index (Phi) is 9.00. The Morgan fingerprint density at radius 2 is 1.81 bits per heavy atom. The predicted octanol–water partition coefficient (Wildman–Crippen LogP) is 2.21. The molecule has 176 valence electrons. The number of aliphatic imine (C=N–C) groups is 1. The van der Waals surface area contributed by atoms with Crippen molar-refractivity contribution >= 4 is 35.8 Å². The van der Waals surface area contributed by atoms with E-state index in [1.165, 1.54) is 6.26 Å². The fourth-order valence-corrected chi connectivity index (χ4v) is 4.13. The van der Waals surface area contributed by atoms with E-state index in [0.717, 1.165) is 43.8 Å². The van der Waals surface area contributed by atoms with Gasteiger partial charge in [-0.15, -0.1) is 24.0 Å².